The average molecular weight is 260 g/mol. The molecule has 0 radical (unpaired) electrons. The van der Waals surface area contributed by atoms with E-state index in [1.54, 1.807) is 0 Å². The molecule has 0 heterocycles. The van der Waals surface area contributed by atoms with E-state index in [1.165, 1.54) is 0 Å². The van der Waals surface area contributed by atoms with Crippen molar-refractivity contribution in [3.63, 3.8) is 0 Å². The molecular formula is C15H36N2O. The lowest BCUT2D eigenvalue weighted by Gasteiger charge is -2.35. The van der Waals surface area contributed by atoms with Crippen LogP contribution >= 0.6 is 0 Å². The largest absolute Gasteiger partial charge is 0.372 e. The van der Waals surface area contributed by atoms with Gasteiger partial charge in [-0.1, -0.05) is 13.8 Å². The number of nitrogens with one attached hydrogen (secondary N) is 1. The third kappa shape index (κ3) is 9.86. The second kappa shape index (κ2) is 8.89. The summed E-state index contributed by atoms with van der Waals surface area (Å²) in [4.78, 5) is 2.31. The quantitative estimate of drug-likeness (QED) is 0.761. The lowest BCUT2D eigenvalue weighted by atomic mass is 10.1. The van der Waals surface area contributed by atoms with Gasteiger partial charge in [-0.15, -0.1) is 0 Å². The summed E-state index contributed by atoms with van der Waals surface area (Å²) in [6, 6.07) is 0.556. The molecule has 0 amide bonds. The van der Waals surface area contributed by atoms with Crippen LogP contribution in [0.4, 0.5) is 0 Å². The highest BCUT2D eigenvalue weighted by Crippen LogP contribution is 2.15. The summed E-state index contributed by atoms with van der Waals surface area (Å²) in [6.45, 7) is 18.7. The molecule has 18 heavy (non-hydrogen) atoms. The Morgan fingerprint density at radius 3 is 1.89 bits per heavy atom. The maximum Gasteiger partial charge on any atom is 0.0753 e. The monoisotopic (exact) mass is 260 g/mol. The first-order valence-corrected chi connectivity index (χ1v) is 7.13. The molecule has 0 fully saturated rings. The maximum absolute atomic E-state index is 6.00. The van der Waals surface area contributed by atoms with E-state index in [2.05, 4.69) is 58.8 Å². The van der Waals surface area contributed by atoms with Crippen LogP contribution in [0.25, 0.3) is 0 Å². The number of rotatable bonds is 7. The lowest BCUT2D eigenvalue weighted by molar-refractivity contribution is -0.0599. The van der Waals surface area contributed by atoms with Crippen molar-refractivity contribution in [3.8, 4) is 0 Å². The molecule has 0 saturated carbocycles. The normalized spacial score (nSPS) is 12.7. The molecule has 0 aromatic heterocycles. The zero-order chi connectivity index (χ0) is 15.0. The molecule has 0 bridgehead atoms. The first-order valence-electron chi connectivity index (χ1n) is 7.13. The molecule has 3 heteroatoms. The van der Waals surface area contributed by atoms with E-state index in [1.807, 2.05) is 20.9 Å². The van der Waals surface area contributed by atoms with E-state index in [-0.39, 0.29) is 11.1 Å². The zero-order valence-electron chi connectivity index (χ0n) is 14.3. The minimum Gasteiger partial charge on any atom is -0.372 e. The lowest BCUT2D eigenvalue weighted by Crippen LogP contribution is -2.47. The Morgan fingerprint density at radius 2 is 1.56 bits per heavy atom. The Hall–Kier alpha value is -0.120. The van der Waals surface area contributed by atoms with Crippen molar-refractivity contribution in [2.24, 2.45) is 0 Å². The van der Waals surface area contributed by atoms with E-state index in [0.717, 1.165) is 13.2 Å². The van der Waals surface area contributed by atoms with Crippen molar-refractivity contribution >= 4 is 0 Å². The fourth-order valence-electron chi connectivity index (χ4n) is 1.28. The van der Waals surface area contributed by atoms with Gasteiger partial charge in [-0.2, -0.15) is 0 Å². The van der Waals surface area contributed by atoms with Crippen LogP contribution in [0.15, 0.2) is 0 Å². The smallest absolute Gasteiger partial charge is 0.0753 e. The highest BCUT2D eigenvalue weighted by molar-refractivity contribution is 4.80. The van der Waals surface area contributed by atoms with Crippen LogP contribution < -0.4 is 5.32 Å². The molecule has 0 unspecified atom stereocenters. The predicted molar refractivity (Wildman–Crippen MR) is 82.3 cm³/mol. The van der Waals surface area contributed by atoms with Gasteiger partial charge < -0.3 is 15.0 Å². The Morgan fingerprint density at radius 1 is 1.11 bits per heavy atom. The summed E-state index contributed by atoms with van der Waals surface area (Å²) >= 11 is 0. The van der Waals surface area contributed by atoms with Gasteiger partial charge in [-0.3, -0.25) is 0 Å². The summed E-state index contributed by atoms with van der Waals surface area (Å²) in [5.74, 6) is 0. The van der Waals surface area contributed by atoms with Crippen LogP contribution in [-0.2, 0) is 4.74 Å². The second-order valence-electron chi connectivity index (χ2n) is 6.19. The third-order valence-corrected chi connectivity index (χ3v) is 3.01. The van der Waals surface area contributed by atoms with Crippen LogP contribution in [0.1, 0.15) is 55.4 Å². The molecule has 1 N–H and O–H groups in total. The van der Waals surface area contributed by atoms with Crippen LogP contribution in [0.3, 0.4) is 0 Å². The molecule has 0 aliphatic rings. The minimum atomic E-state index is -0.104. The number of hydrogen-bond acceptors (Lipinski definition) is 3. The molecule has 0 aliphatic heterocycles. The minimum absolute atomic E-state index is 0.0354. The molecule has 0 spiro atoms. The summed E-state index contributed by atoms with van der Waals surface area (Å²) in [7, 11) is 4.11. The Labute approximate surface area is 115 Å². The number of nitrogens with zero attached hydrogens (tertiary/aromatic N) is 1. The summed E-state index contributed by atoms with van der Waals surface area (Å²) in [5, 5.41) is 3.25. The van der Waals surface area contributed by atoms with Gasteiger partial charge in [0.05, 0.1) is 12.2 Å². The van der Waals surface area contributed by atoms with Gasteiger partial charge in [0.1, 0.15) is 0 Å². The Bertz CT molecular complexity index is 201. The van der Waals surface area contributed by atoms with Gasteiger partial charge in [0.2, 0.25) is 0 Å². The van der Waals surface area contributed by atoms with Gasteiger partial charge in [-0.05, 0) is 55.6 Å². The van der Waals surface area contributed by atoms with E-state index >= 15 is 0 Å². The molecule has 0 aliphatic carbocycles. The molecular weight excluding hydrogens is 224 g/mol. The van der Waals surface area contributed by atoms with Crippen molar-refractivity contribution < 1.29 is 4.74 Å². The molecule has 0 aromatic carbocycles. The van der Waals surface area contributed by atoms with Crippen LogP contribution in [0, 0.1) is 0 Å². The van der Waals surface area contributed by atoms with Crippen molar-refractivity contribution in [3.05, 3.63) is 0 Å². The number of hydrogen-bond donors (Lipinski definition) is 1. The van der Waals surface area contributed by atoms with Gasteiger partial charge >= 0.3 is 0 Å². The molecule has 0 aromatic rings. The third-order valence-electron chi connectivity index (χ3n) is 3.01. The van der Waals surface area contributed by atoms with Crippen LogP contribution in [0.5, 0.6) is 0 Å². The second-order valence-corrected chi connectivity index (χ2v) is 6.19. The van der Waals surface area contributed by atoms with E-state index < -0.39 is 0 Å². The number of ether oxygens (including phenoxy) is 1. The summed E-state index contributed by atoms with van der Waals surface area (Å²) < 4.78 is 6.00. The zero-order valence-corrected chi connectivity index (χ0v) is 14.3. The van der Waals surface area contributed by atoms with Crippen LogP contribution in [0.2, 0.25) is 0 Å². The van der Waals surface area contributed by atoms with Crippen LogP contribution in [-0.4, -0.2) is 49.3 Å². The molecule has 0 saturated heterocycles. The fourth-order valence-corrected chi connectivity index (χ4v) is 1.28. The average Bonchev–Trinajstić information content (AvgIpc) is 2.29. The Balaban J connectivity index is 0. The van der Waals surface area contributed by atoms with Crippen molar-refractivity contribution in [2.45, 2.75) is 72.6 Å². The molecule has 0 rings (SSSR count). The van der Waals surface area contributed by atoms with Gasteiger partial charge in [0.25, 0.3) is 0 Å². The van der Waals surface area contributed by atoms with E-state index in [9.17, 15) is 0 Å². The highest BCUT2D eigenvalue weighted by atomic mass is 16.5. The van der Waals surface area contributed by atoms with Crippen molar-refractivity contribution in [1.82, 2.24) is 10.2 Å². The predicted octanol–water partition coefficient (Wildman–Crippen LogP) is 3.15. The molecule has 3 nitrogen and oxygen atoms in total. The van der Waals surface area contributed by atoms with Gasteiger partial charge in [0.15, 0.2) is 0 Å². The molecule has 112 valence electrons. The van der Waals surface area contributed by atoms with Gasteiger partial charge in [0, 0.05) is 18.1 Å². The fraction of sp³-hybridized carbons (Fsp3) is 1.00. The van der Waals surface area contributed by atoms with E-state index in [4.69, 9.17) is 4.74 Å². The van der Waals surface area contributed by atoms with Gasteiger partial charge in [-0.25, -0.2) is 0 Å². The maximum atomic E-state index is 6.00. The first-order chi connectivity index (χ1) is 8.09. The summed E-state index contributed by atoms with van der Waals surface area (Å²) in [6.07, 6.45) is 0. The molecule has 0 atom stereocenters. The van der Waals surface area contributed by atoms with Crippen molar-refractivity contribution in [2.75, 3.05) is 27.2 Å². The highest BCUT2D eigenvalue weighted by Gasteiger charge is 2.25. The van der Waals surface area contributed by atoms with Crippen molar-refractivity contribution in [1.29, 1.82) is 0 Å². The number of likely N-dealkylation sites (N-methyl/N-ethyl adjacent to an activating group) is 2. The topological polar surface area (TPSA) is 24.5 Å². The first kappa shape index (κ1) is 20.2. The van der Waals surface area contributed by atoms with E-state index in [0.29, 0.717) is 6.04 Å². The summed E-state index contributed by atoms with van der Waals surface area (Å²) in [5.41, 5.74) is -0.0686. The Kier molecular flexibility index (Phi) is 9.98. The standard InChI is InChI=1S/C13H30N2O.C2H6/c1-11(2)15(8)9-13(5,6)16-10-12(3,4)14-7;1-2/h11,14H,9-10H2,1-8H3;1-2H3. The SMILES string of the molecule is CC.CNC(C)(C)COC(C)(C)CN(C)C(C)C.